The average molecular weight is 643 g/mol. The molecule has 2 atom stereocenters. The van der Waals surface area contributed by atoms with E-state index in [1.54, 1.807) is 29.5 Å². The molecule has 44 heavy (non-hydrogen) atoms. The number of aliphatic carboxylic acids is 1. The normalized spacial score (nSPS) is 16.5. The lowest BCUT2D eigenvalue weighted by atomic mass is 10.00. The molecule has 226 valence electrons. The lowest BCUT2D eigenvalue weighted by Crippen LogP contribution is -2.21. The maximum absolute atomic E-state index is 12.4. The van der Waals surface area contributed by atoms with E-state index in [4.69, 9.17) is 26.4 Å². The number of aromatic nitrogens is 3. The van der Waals surface area contributed by atoms with Gasteiger partial charge in [-0.25, -0.2) is 28.0 Å². The molecule has 6 rings (SSSR count). The molecule has 11 nitrogen and oxygen atoms in total. The second-order valence-electron chi connectivity index (χ2n) is 9.60. The molecular formula is C28H21F3N6O5S2. The highest BCUT2D eigenvalue weighted by Crippen LogP contribution is 2.38. The van der Waals surface area contributed by atoms with Crippen molar-refractivity contribution < 1.29 is 36.3 Å². The van der Waals surface area contributed by atoms with Crippen LogP contribution in [-0.2, 0) is 26.0 Å². The minimum Gasteiger partial charge on any atom is -0.475 e. The van der Waals surface area contributed by atoms with Gasteiger partial charge in [0.05, 0.1) is 33.9 Å². The van der Waals surface area contributed by atoms with E-state index in [-0.39, 0.29) is 18.2 Å². The Kier molecular flexibility index (Phi) is 8.26. The quantitative estimate of drug-likeness (QED) is 0.173. The van der Waals surface area contributed by atoms with Gasteiger partial charge < -0.3 is 15.4 Å². The molecule has 3 aromatic carbocycles. The van der Waals surface area contributed by atoms with Crippen LogP contribution in [0, 0.1) is 6.57 Å². The number of nitrogens with zero attached hydrogens (tertiary/aromatic N) is 3. The van der Waals surface area contributed by atoms with Crippen LogP contribution in [0.2, 0.25) is 0 Å². The molecule has 5 aromatic rings. The van der Waals surface area contributed by atoms with Crippen molar-refractivity contribution in [1.29, 1.82) is 0 Å². The Hall–Kier alpha value is -5.01. The van der Waals surface area contributed by atoms with E-state index < -0.39 is 33.3 Å². The van der Waals surface area contributed by atoms with Gasteiger partial charge in [-0.15, -0.1) is 0 Å². The van der Waals surface area contributed by atoms with Crippen LogP contribution < -0.4 is 10.0 Å². The van der Waals surface area contributed by atoms with Crippen molar-refractivity contribution in [2.75, 3.05) is 5.32 Å². The number of carboxylic acid groups (broad SMARTS) is 1. The van der Waals surface area contributed by atoms with Gasteiger partial charge in [-0.1, -0.05) is 59.4 Å². The van der Waals surface area contributed by atoms with Crippen LogP contribution in [0.3, 0.4) is 0 Å². The predicted molar refractivity (Wildman–Crippen MR) is 157 cm³/mol. The lowest BCUT2D eigenvalue weighted by Gasteiger charge is -2.18. The number of carbonyl (C=O) groups is 2. The summed E-state index contributed by atoms with van der Waals surface area (Å²) < 4.78 is 59.6. The fourth-order valence-electron chi connectivity index (χ4n) is 4.58. The topological polar surface area (TPSA) is 158 Å². The summed E-state index contributed by atoms with van der Waals surface area (Å²) >= 11 is 1.55. The van der Waals surface area contributed by atoms with Crippen LogP contribution in [0.1, 0.15) is 34.7 Å². The van der Waals surface area contributed by atoms with Crippen molar-refractivity contribution in [2.24, 2.45) is 0 Å². The Morgan fingerprint density at radius 3 is 2.41 bits per heavy atom. The molecule has 1 aliphatic heterocycles. The SMILES string of the molecule is O=C(O)C(F)(F)F.[C-]#[N+]c1cc(C[C@H](Nc2nc3ccccc3s2)c2nc3ccccc3[nH]2)ccc1C1CC(=O)NS1(=O)=O. The molecule has 0 saturated carbocycles. The number of sulfonamides is 1. The number of halogens is 3. The van der Waals surface area contributed by atoms with Crippen LogP contribution in [0.25, 0.3) is 26.1 Å². The van der Waals surface area contributed by atoms with Gasteiger partial charge in [0.15, 0.2) is 10.8 Å². The number of para-hydroxylation sites is 3. The highest BCUT2D eigenvalue weighted by molar-refractivity contribution is 7.90. The summed E-state index contributed by atoms with van der Waals surface area (Å²) in [6.45, 7) is 7.67. The third kappa shape index (κ3) is 6.63. The van der Waals surface area contributed by atoms with E-state index in [1.165, 1.54) is 0 Å². The molecule has 1 fully saturated rings. The molecule has 4 N–H and O–H groups in total. The molecule has 2 aromatic heterocycles. The standard InChI is InChI=1S/C26H20N6O3S2.C2HF3O2/c1-27-20-12-15(10-11-16(20)23-14-24(33)32-37(23,34)35)13-21(25-28-17-6-2-3-7-18(17)29-25)31-26-30-19-8-4-5-9-22(19)36-26;3-2(4,5)1(6)7/h2-12,21,23H,13-14H2,(H,28,29)(H,30,31)(H,32,33);(H,6,7)/t21-,23?;/m0./s1. The summed E-state index contributed by atoms with van der Waals surface area (Å²) in [5.74, 6) is -2.59. The van der Waals surface area contributed by atoms with Gasteiger partial charge in [0.25, 0.3) is 0 Å². The summed E-state index contributed by atoms with van der Waals surface area (Å²) in [5, 5.41) is 10.3. The largest absolute Gasteiger partial charge is 0.490 e. The highest BCUT2D eigenvalue weighted by Gasteiger charge is 2.39. The summed E-state index contributed by atoms with van der Waals surface area (Å²) in [6, 6.07) is 20.5. The van der Waals surface area contributed by atoms with Gasteiger partial charge in [-0.2, -0.15) is 13.2 Å². The number of aromatic amines is 1. The number of amides is 1. The number of hydrogen-bond donors (Lipinski definition) is 4. The molecule has 0 spiro atoms. The van der Waals surface area contributed by atoms with E-state index in [0.29, 0.717) is 12.0 Å². The van der Waals surface area contributed by atoms with Crippen molar-refractivity contribution in [3.63, 3.8) is 0 Å². The molecule has 1 saturated heterocycles. The number of anilines is 1. The lowest BCUT2D eigenvalue weighted by molar-refractivity contribution is -0.192. The van der Waals surface area contributed by atoms with Crippen LogP contribution in [0.4, 0.5) is 24.0 Å². The highest BCUT2D eigenvalue weighted by atomic mass is 32.2. The summed E-state index contributed by atoms with van der Waals surface area (Å²) in [6.07, 6.45) is -4.81. The molecule has 16 heteroatoms. The molecule has 1 amide bonds. The van der Waals surface area contributed by atoms with Crippen molar-refractivity contribution >= 4 is 65.3 Å². The molecule has 3 heterocycles. The van der Waals surface area contributed by atoms with Crippen molar-refractivity contribution in [3.05, 3.63) is 95.1 Å². The Morgan fingerprint density at radius 1 is 1.11 bits per heavy atom. The maximum atomic E-state index is 12.4. The first kappa shape index (κ1) is 30.4. The first-order chi connectivity index (χ1) is 20.8. The monoisotopic (exact) mass is 642 g/mol. The maximum Gasteiger partial charge on any atom is 0.490 e. The number of rotatable bonds is 6. The van der Waals surface area contributed by atoms with Crippen molar-refractivity contribution in [1.82, 2.24) is 19.7 Å². The van der Waals surface area contributed by atoms with Crippen LogP contribution in [-0.4, -0.2) is 46.5 Å². The minimum absolute atomic E-state index is 0.190. The Bertz CT molecular complexity index is 1970. The van der Waals surface area contributed by atoms with Gasteiger partial charge in [0, 0.05) is 6.42 Å². The van der Waals surface area contributed by atoms with Gasteiger partial charge in [0.2, 0.25) is 15.9 Å². The van der Waals surface area contributed by atoms with Crippen molar-refractivity contribution in [3.8, 4) is 0 Å². The fraction of sp³-hybridized carbons (Fsp3) is 0.179. The Balaban J connectivity index is 0.000000493. The third-order valence-electron chi connectivity index (χ3n) is 6.58. The van der Waals surface area contributed by atoms with E-state index in [9.17, 15) is 26.4 Å². The summed E-state index contributed by atoms with van der Waals surface area (Å²) in [4.78, 5) is 37.1. The average Bonchev–Trinajstić information content (AvgIpc) is 3.66. The number of hydrogen-bond acceptors (Lipinski definition) is 8. The van der Waals surface area contributed by atoms with Gasteiger partial charge in [0.1, 0.15) is 11.1 Å². The molecular weight excluding hydrogens is 621 g/mol. The number of carboxylic acids is 1. The summed E-state index contributed by atoms with van der Waals surface area (Å²) in [7, 11) is -3.85. The van der Waals surface area contributed by atoms with Gasteiger partial charge in [-0.3, -0.25) is 9.52 Å². The Labute approximate surface area is 251 Å². The smallest absolute Gasteiger partial charge is 0.475 e. The van der Waals surface area contributed by atoms with Crippen LogP contribution in [0.5, 0.6) is 0 Å². The van der Waals surface area contributed by atoms with E-state index in [0.717, 1.165) is 37.8 Å². The zero-order valence-corrected chi connectivity index (χ0v) is 23.9. The molecule has 0 aliphatic carbocycles. The number of fused-ring (bicyclic) bond motifs is 2. The minimum atomic E-state index is -5.08. The van der Waals surface area contributed by atoms with Crippen LogP contribution in [0.15, 0.2) is 66.7 Å². The zero-order chi connectivity index (χ0) is 31.6. The number of alkyl halides is 3. The molecule has 0 radical (unpaired) electrons. The Morgan fingerprint density at radius 2 is 1.80 bits per heavy atom. The fourth-order valence-corrected chi connectivity index (χ4v) is 6.95. The number of carbonyl (C=O) groups excluding carboxylic acids is 1. The van der Waals surface area contributed by atoms with Gasteiger partial charge >= 0.3 is 12.1 Å². The van der Waals surface area contributed by atoms with Gasteiger partial charge in [-0.05, 0) is 36.2 Å². The van der Waals surface area contributed by atoms with Crippen molar-refractivity contribution in [2.45, 2.75) is 30.3 Å². The van der Waals surface area contributed by atoms with E-state index in [1.807, 2.05) is 53.3 Å². The zero-order valence-electron chi connectivity index (χ0n) is 22.3. The van der Waals surface area contributed by atoms with E-state index in [2.05, 4.69) is 15.1 Å². The first-order valence-corrected chi connectivity index (χ1v) is 15.1. The number of H-pyrrole nitrogens is 1. The predicted octanol–water partition coefficient (Wildman–Crippen LogP) is 5.64. The molecule has 1 aliphatic rings. The molecule has 1 unspecified atom stereocenters. The first-order valence-electron chi connectivity index (χ1n) is 12.8. The number of imidazole rings is 1. The summed E-state index contributed by atoms with van der Waals surface area (Å²) in [5.41, 5.74) is 4.02. The second-order valence-corrected chi connectivity index (χ2v) is 12.5. The molecule has 0 bridgehead atoms. The number of nitrogens with one attached hydrogen (secondary N) is 3. The number of thiazole rings is 1. The third-order valence-corrected chi connectivity index (χ3v) is 9.22. The van der Waals surface area contributed by atoms with Crippen LogP contribution >= 0.6 is 11.3 Å². The second kappa shape index (κ2) is 11.9. The van der Waals surface area contributed by atoms with E-state index >= 15 is 0 Å². The number of benzene rings is 3.